The number of nitrogens with zero attached hydrogens (tertiary/aromatic N) is 3. The monoisotopic (exact) mass is 247 g/mol. The van der Waals surface area contributed by atoms with Gasteiger partial charge in [-0.2, -0.15) is 0 Å². The molecule has 0 radical (unpaired) electrons. The molecule has 1 aliphatic rings. The summed E-state index contributed by atoms with van der Waals surface area (Å²) >= 11 is 0. The van der Waals surface area contributed by atoms with Gasteiger partial charge in [-0.25, -0.2) is 0 Å². The minimum atomic E-state index is 0.199. The first-order valence-electron chi connectivity index (χ1n) is 6.05. The Morgan fingerprint density at radius 2 is 2.50 bits per heavy atom. The number of oxime groups is 1. The van der Waals surface area contributed by atoms with E-state index in [1.54, 1.807) is 12.4 Å². The van der Waals surface area contributed by atoms with Crippen LogP contribution in [0.5, 0.6) is 0 Å². The molecular formula is C13H17N3O2. The van der Waals surface area contributed by atoms with E-state index in [1.165, 1.54) is 7.11 Å². The van der Waals surface area contributed by atoms with E-state index in [1.807, 2.05) is 17.0 Å². The Labute approximate surface area is 106 Å². The highest BCUT2D eigenvalue weighted by Crippen LogP contribution is 2.10. The number of hydrogen-bond donors (Lipinski definition) is 0. The summed E-state index contributed by atoms with van der Waals surface area (Å²) in [5.41, 5.74) is 1.92. The van der Waals surface area contributed by atoms with E-state index in [2.05, 4.69) is 10.1 Å². The van der Waals surface area contributed by atoms with Crippen molar-refractivity contribution in [3.63, 3.8) is 0 Å². The second-order valence-electron chi connectivity index (χ2n) is 4.30. The largest absolute Gasteiger partial charge is 0.399 e. The summed E-state index contributed by atoms with van der Waals surface area (Å²) in [4.78, 5) is 22.3. The Bertz CT molecular complexity index is 431. The number of pyridine rings is 1. The van der Waals surface area contributed by atoms with Gasteiger partial charge in [-0.1, -0.05) is 11.2 Å². The van der Waals surface area contributed by atoms with Crippen LogP contribution in [0.15, 0.2) is 29.7 Å². The molecule has 0 saturated carbocycles. The molecule has 0 bridgehead atoms. The number of rotatable bonds is 5. The predicted octanol–water partition coefficient (Wildman–Crippen LogP) is 1.25. The fourth-order valence-electron chi connectivity index (χ4n) is 2.08. The average molecular weight is 247 g/mol. The summed E-state index contributed by atoms with van der Waals surface area (Å²) in [7, 11) is 1.52. The van der Waals surface area contributed by atoms with Crippen molar-refractivity contribution in [3.05, 3.63) is 30.1 Å². The van der Waals surface area contributed by atoms with Gasteiger partial charge in [0.25, 0.3) is 0 Å². The zero-order chi connectivity index (χ0) is 12.8. The van der Waals surface area contributed by atoms with Gasteiger partial charge >= 0.3 is 0 Å². The summed E-state index contributed by atoms with van der Waals surface area (Å²) in [6, 6.07) is 3.88. The minimum Gasteiger partial charge on any atom is -0.399 e. The molecule has 1 amide bonds. The van der Waals surface area contributed by atoms with Crippen LogP contribution in [0.25, 0.3) is 0 Å². The maximum atomic E-state index is 11.6. The molecule has 18 heavy (non-hydrogen) atoms. The Hall–Kier alpha value is -1.91. The number of amides is 1. The number of carbonyl (C=O) groups is 1. The number of hydrogen-bond acceptors (Lipinski definition) is 4. The van der Waals surface area contributed by atoms with Crippen molar-refractivity contribution >= 4 is 11.6 Å². The van der Waals surface area contributed by atoms with Gasteiger partial charge in [0.2, 0.25) is 5.91 Å². The van der Waals surface area contributed by atoms with E-state index in [9.17, 15) is 4.79 Å². The molecular weight excluding hydrogens is 230 g/mol. The molecule has 0 atom stereocenters. The summed E-state index contributed by atoms with van der Waals surface area (Å²) in [6.45, 7) is 1.36. The molecule has 0 aromatic carbocycles. The van der Waals surface area contributed by atoms with E-state index >= 15 is 0 Å². The maximum absolute atomic E-state index is 11.6. The normalized spacial score (nSPS) is 16.2. The topological polar surface area (TPSA) is 54.8 Å². The van der Waals surface area contributed by atoms with E-state index < -0.39 is 0 Å². The van der Waals surface area contributed by atoms with Crippen LogP contribution >= 0.6 is 0 Å². The molecule has 2 heterocycles. The molecule has 96 valence electrons. The molecule has 1 aromatic rings. The lowest BCUT2D eigenvalue weighted by atomic mass is 10.1. The molecule has 1 saturated heterocycles. The van der Waals surface area contributed by atoms with E-state index in [4.69, 9.17) is 4.84 Å². The quantitative estimate of drug-likeness (QED) is 0.581. The lowest BCUT2D eigenvalue weighted by Gasteiger charge is -2.16. The van der Waals surface area contributed by atoms with Gasteiger partial charge in [-0.3, -0.25) is 9.78 Å². The van der Waals surface area contributed by atoms with Crippen molar-refractivity contribution in [1.82, 2.24) is 9.88 Å². The first-order valence-corrected chi connectivity index (χ1v) is 6.05. The van der Waals surface area contributed by atoms with E-state index in [-0.39, 0.29) is 5.91 Å². The third-order valence-electron chi connectivity index (χ3n) is 2.90. The minimum absolute atomic E-state index is 0.199. The molecule has 1 fully saturated rings. The molecule has 5 heteroatoms. The van der Waals surface area contributed by atoms with Crippen LogP contribution in [0, 0.1) is 0 Å². The van der Waals surface area contributed by atoms with Crippen LogP contribution in [0.3, 0.4) is 0 Å². The highest BCUT2D eigenvalue weighted by atomic mass is 16.6. The number of likely N-dealkylation sites (tertiary alicyclic amines) is 1. The zero-order valence-corrected chi connectivity index (χ0v) is 10.5. The van der Waals surface area contributed by atoms with Crippen molar-refractivity contribution in [3.8, 4) is 0 Å². The summed E-state index contributed by atoms with van der Waals surface area (Å²) in [6.07, 6.45) is 5.78. The van der Waals surface area contributed by atoms with Gasteiger partial charge in [0.05, 0.1) is 12.3 Å². The highest BCUT2D eigenvalue weighted by molar-refractivity contribution is 5.91. The first-order chi connectivity index (χ1) is 8.79. The molecule has 0 unspecified atom stereocenters. The van der Waals surface area contributed by atoms with Crippen molar-refractivity contribution in [2.45, 2.75) is 19.3 Å². The Morgan fingerprint density at radius 1 is 1.61 bits per heavy atom. The summed E-state index contributed by atoms with van der Waals surface area (Å²) in [5.74, 6) is 0.199. The zero-order valence-electron chi connectivity index (χ0n) is 10.5. The van der Waals surface area contributed by atoms with Crippen LogP contribution in [0.4, 0.5) is 0 Å². The second kappa shape index (κ2) is 6.14. The summed E-state index contributed by atoms with van der Waals surface area (Å²) < 4.78 is 0. The molecule has 5 nitrogen and oxygen atoms in total. The van der Waals surface area contributed by atoms with Crippen molar-refractivity contribution in [2.24, 2.45) is 5.16 Å². The van der Waals surface area contributed by atoms with Crippen LogP contribution < -0.4 is 0 Å². The third-order valence-corrected chi connectivity index (χ3v) is 2.90. The maximum Gasteiger partial charge on any atom is 0.222 e. The van der Waals surface area contributed by atoms with E-state index in [0.717, 1.165) is 24.2 Å². The Kier molecular flexibility index (Phi) is 4.28. The smallest absolute Gasteiger partial charge is 0.222 e. The van der Waals surface area contributed by atoms with Gasteiger partial charge in [0.15, 0.2) is 0 Å². The number of aromatic nitrogens is 1. The van der Waals surface area contributed by atoms with Gasteiger partial charge in [-0.05, 0) is 18.1 Å². The summed E-state index contributed by atoms with van der Waals surface area (Å²) in [5, 5.41) is 4.01. The van der Waals surface area contributed by atoms with Crippen LogP contribution in [-0.4, -0.2) is 41.7 Å². The Balaban J connectivity index is 2.00. The van der Waals surface area contributed by atoms with Gasteiger partial charge in [0.1, 0.15) is 7.11 Å². The average Bonchev–Trinajstić information content (AvgIpc) is 2.77. The first kappa shape index (κ1) is 12.5. The second-order valence-corrected chi connectivity index (χ2v) is 4.30. The van der Waals surface area contributed by atoms with Crippen molar-refractivity contribution in [2.75, 3.05) is 20.2 Å². The van der Waals surface area contributed by atoms with E-state index in [0.29, 0.717) is 19.4 Å². The highest BCUT2D eigenvalue weighted by Gasteiger charge is 2.21. The standard InChI is InChI=1S/C13H17N3O2/c1-18-15-12(8-11-4-2-6-14-9-11)10-16-7-3-5-13(16)17/h2,4,6,9H,3,5,7-8,10H2,1H3. The fourth-order valence-corrected chi connectivity index (χ4v) is 2.08. The van der Waals surface area contributed by atoms with Crippen LogP contribution in [0.2, 0.25) is 0 Å². The fraction of sp³-hybridized carbons (Fsp3) is 0.462. The molecule has 0 aliphatic carbocycles. The third kappa shape index (κ3) is 3.29. The van der Waals surface area contributed by atoms with Crippen LogP contribution in [-0.2, 0) is 16.1 Å². The Morgan fingerprint density at radius 3 is 3.11 bits per heavy atom. The SMILES string of the molecule is CON=C(Cc1cccnc1)CN1CCCC1=O. The molecule has 0 spiro atoms. The van der Waals surface area contributed by atoms with Crippen molar-refractivity contribution in [1.29, 1.82) is 0 Å². The number of carbonyl (C=O) groups excluding carboxylic acids is 1. The van der Waals surface area contributed by atoms with Gasteiger partial charge in [-0.15, -0.1) is 0 Å². The lowest BCUT2D eigenvalue weighted by Crippen LogP contribution is -2.31. The molecule has 2 rings (SSSR count). The van der Waals surface area contributed by atoms with Gasteiger partial charge < -0.3 is 9.74 Å². The molecule has 1 aliphatic heterocycles. The van der Waals surface area contributed by atoms with Crippen molar-refractivity contribution < 1.29 is 9.63 Å². The van der Waals surface area contributed by atoms with Gasteiger partial charge in [0, 0.05) is 31.8 Å². The molecule has 1 aromatic heterocycles. The predicted molar refractivity (Wildman–Crippen MR) is 68.2 cm³/mol. The lowest BCUT2D eigenvalue weighted by molar-refractivity contribution is -0.127. The molecule has 0 N–H and O–H groups in total. The van der Waals surface area contributed by atoms with Crippen LogP contribution in [0.1, 0.15) is 18.4 Å².